The van der Waals surface area contributed by atoms with Crippen molar-refractivity contribution in [3.05, 3.63) is 194 Å². The van der Waals surface area contributed by atoms with Gasteiger partial charge >= 0.3 is 11.9 Å². The van der Waals surface area contributed by atoms with Crippen molar-refractivity contribution in [1.29, 1.82) is 0 Å². The van der Waals surface area contributed by atoms with Gasteiger partial charge in [0.1, 0.15) is 19.8 Å². The summed E-state index contributed by atoms with van der Waals surface area (Å²) in [4.78, 5) is 38.2. The van der Waals surface area contributed by atoms with Gasteiger partial charge < -0.3 is 27.9 Å². The number of phosphoric acid groups is 1. The number of ether oxygens (including phenoxy) is 2. The summed E-state index contributed by atoms with van der Waals surface area (Å²) in [5.74, 6) is -0.844. The van der Waals surface area contributed by atoms with E-state index in [0.717, 1.165) is 154 Å². The zero-order chi connectivity index (χ0) is 71.1. The average molecular weight is 1380 g/mol. The van der Waals surface area contributed by atoms with E-state index < -0.39 is 26.5 Å². The number of phosphoric ester groups is 1. The first-order chi connectivity index (χ1) is 48.0. The lowest BCUT2D eigenvalue weighted by Crippen LogP contribution is -2.37. The fourth-order valence-electron chi connectivity index (χ4n) is 10.2. The molecule has 0 fully saturated rings. The van der Waals surface area contributed by atoms with Crippen LogP contribution in [-0.4, -0.2) is 70.0 Å². The van der Waals surface area contributed by atoms with Crippen LogP contribution in [-0.2, 0) is 32.7 Å². The normalized spacial score (nSPS) is 14.1. The molecule has 0 aromatic rings. The largest absolute Gasteiger partial charge is 0.756 e. The number of esters is 2. The number of carbonyl (C=O) groups excluding carboxylic acids is 2. The molecule has 0 rings (SSSR count). The van der Waals surface area contributed by atoms with E-state index in [2.05, 4.69) is 208 Å². The Labute approximate surface area is 603 Å². The minimum Gasteiger partial charge on any atom is -0.756 e. The van der Waals surface area contributed by atoms with E-state index in [0.29, 0.717) is 17.4 Å². The van der Waals surface area contributed by atoms with E-state index in [4.69, 9.17) is 18.5 Å². The SMILES string of the molecule is CC/C=C\C/C=C\C/C=C\C/C=C\C/C=C\C/C=C\C/C=C\C/C=C\C/C=C\CCCCCCCCCCCCCC(=O)OC(COC(=O)CCCCCCCCCCCCCCC/C=C\C/C=C\C/C=C\C/C=C\C/C=C\C/C=C\C/C=C\CC)COP(=O)([O-])OCC[N+](C)(C)C. The zero-order valence-electron chi connectivity index (χ0n) is 63.2. The Morgan fingerprint density at radius 1 is 0.316 bits per heavy atom. The van der Waals surface area contributed by atoms with Gasteiger partial charge in [0.25, 0.3) is 7.82 Å². The summed E-state index contributed by atoms with van der Waals surface area (Å²) in [6, 6.07) is 0. The molecular formula is C88H144NO8P. The van der Waals surface area contributed by atoms with Crippen molar-refractivity contribution < 1.29 is 42.1 Å². The lowest BCUT2D eigenvalue weighted by Gasteiger charge is -2.28. The minimum atomic E-state index is -4.66. The first kappa shape index (κ1) is 92.8. The van der Waals surface area contributed by atoms with Crippen molar-refractivity contribution >= 4 is 19.8 Å². The van der Waals surface area contributed by atoms with Gasteiger partial charge in [0.2, 0.25) is 0 Å². The first-order valence-corrected chi connectivity index (χ1v) is 40.6. The van der Waals surface area contributed by atoms with Gasteiger partial charge in [-0.05, 0) is 141 Å². The third-order valence-electron chi connectivity index (χ3n) is 16.1. The minimum absolute atomic E-state index is 0.0399. The number of quaternary nitrogens is 1. The molecule has 0 aliphatic carbocycles. The monoisotopic (exact) mass is 1370 g/mol. The maximum absolute atomic E-state index is 12.9. The zero-order valence-corrected chi connectivity index (χ0v) is 64.0. The predicted octanol–water partition coefficient (Wildman–Crippen LogP) is 25.8. The lowest BCUT2D eigenvalue weighted by molar-refractivity contribution is -0.870. The third-order valence-corrected chi connectivity index (χ3v) is 17.1. The second-order valence-corrected chi connectivity index (χ2v) is 28.0. The first-order valence-electron chi connectivity index (χ1n) is 39.1. The van der Waals surface area contributed by atoms with Gasteiger partial charge in [0.05, 0.1) is 27.7 Å². The molecule has 0 spiro atoms. The van der Waals surface area contributed by atoms with Gasteiger partial charge in [-0.15, -0.1) is 0 Å². The van der Waals surface area contributed by atoms with Gasteiger partial charge in [-0.2, -0.15) is 0 Å². The van der Waals surface area contributed by atoms with Gasteiger partial charge in [-0.3, -0.25) is 14.2 Å². The fourth-order valence-corrected chi connectivity index (χ4v) is 10.9. The molecule has 98 heavy (non-hydrogen) atoms. The van der Waals surface area contributed by atoms with Crippen LogP contribution in [0.2, 0.25) is 0 Å². The van der Waals surface area contributed by atoms with Crippen molar-refractivity contribution in [2.75, 3.05) is 47.5 Å². The summed E-state index contributed by atoms with van der Waals surface area (Å²) in [6.45, 7) is 4.01. The number of hydrogen-bond acceptors (Lipinski definition) is 8. The van der Waals surface area contributed by atoms with E-state index >= 15 is 0 Å². The molecule has 0 aromatic carbocycles. The average Bonchev–Trinajstić information content (AvgIpc) is 1.23. The highest BCUT2D eigenvalue weighted by atomic mass is 31.2. The third kappa shape index (κ3) is 79.8. The van der Waals surface area contributed by atoms with Crippen LogP contribution in [0, 0.1) is 0 Å². The Kier molecular flexibility index (Phi) is 72.0. The highest BCUT2D eigenvalue weighted by Crippen LogP contribution is 2.38. The van der Waals surface area contributed by atoms with Gasteiger partial charge in [-0.25, -0.2) is 0 Å². The van der Waals surface area contributed by atoms with Crippen molar-refractivity contribution in [3.63, 3.8) is 0 Å². The fraction of sp³-hybridized carbons (Fsp3) is 0.614. The molecule has 0 aliphatic rings. The molecule has 0 bridgehead atoms. The molecule has 0 aromatic heterocycles. The van der Waals surface area contributed by atoms with Crippen molar-refractivity contribution in [2.45, 2.75) is 302 Å². The number of unbranched alkanes of at least 4 members (excludes halogenated alkanes) is 24. The Morgan fingerprint density at radius 3 is 0.816 bits per heavy atom. The summed E-state index contributed by atoms with van der Waals surface area (Å²) >= 11 is 0. The van der Waals surface area contributed by atoms with E-state index in [1.807, 2.05) is 21.1 Å². The smallest absolute Gasteiger partial charge is 0.306 e. The molecule has 9 nitrogen and oxygen atoms in total. The van der Waals surface area contributed by atoms with Crippen LogP contribution >= 0.6 is 7.82 Å². The number of allylic oxidation sites excluding steroid dienone is 32. The molecule has 0 N–H and O–H groups in total. The molecule has 0 heterocycles. The van der Waals surface area contributed by atoms with Gasteiger partial charge in [0.15, 0.2) is 6.10 Å². The molecule has 0 radical (unpaired) electrons. The predicted molar refractivity (Wildman–Crippen MR) is 424 cm³/mol. The molecule has 0 saturated heterocycles. The topological polar surface area (TPSA) is 111 Å². The van der Waals surface area contributed by atoms with E-state index in [-0.39, 0.29) is 32.0 Å². The molecule has 2 atom stereocenters. The van der Waals surface area contributed by atoms with E-state index in [9.17, 15) is 19.0 Å². The Bertz CT molecular complexity index is 2360. The van der Waals surface area contributed by atoms with Crippen LogP contribution in [0.1, 0.15) is 296 Å². The molecule has 0 saturated carbocycles. The van der Waals surface area contributed by atoms with Crippen LogP contribution in [0.25, 0.3) is 0 Å². The number of hydrogen-bond donors (Lipinski definition) is 0. The maximum Gasteiger partial charge on any atom is 0.306 e. The van der Waals surface area contributed by atoms with E-state index in [1.165, 1.54) is 109 Å². The molecule has 0 aliphatic heterocycles. The standard InChI is InChI=1S/C88H144NO8P/c1-6-8-10-12-14-16-18-20-22-24-26-28-30-32-34-36-38-40-42-43-44-45-47-49-51-53-55-57-59-61-63-65-67-69-71-73-75-77-79-81-88(91)97-86(85-96-98(92,93)95-83-82-89(3,4)5)84-94-87(90)80-78-76-74-72-70-68-66-64-62-60-58-56-54-52-50-48-46-41-39-37-35-33-31-29-27-25-23-21-19-17-15-13-11-9-7-2/h8-11,14-17,20-23,26-29,32-35,38-41,43-44,47-50,53,55,86H,6-7,12-13,18-19,24-25,30-31,36-37,42,45-46,51-52,54,56-85H2,1-5H3/b10-8-,11-9-,16-14-,17-15-,22-20-,23-21-,28-26-,29-27-,34-32-,35-33-,40-38-,41-39-,44-43-,49-47-,50-48-,55-53-. The lowest BCUT2D eigenvalue weighted by atomic mass is 10.0. The number of nitrogens with zero attached hydrogens (tertiary/aromatic N) is 1. The van der Waals surface area contributed by atoms with Crippen LogP contribution in [0.3, 0.4) is 0 Å². The molecular weight excluding hydrogens is 1230 g/mol. The molecule has 2 unspecified atom stereocenters. The van der Waals surface area contributed by atoms with Crippen LogP contribution in [0.5, 0.6) is 0 Å². The van der Waals surface area contributed by atoms with Gasteiger partial charge in [-0.1, -0.05) is 337 Å². The molecule has 554 valence electrons. The molecule has 0 amide bonds. The summed E-state index contributed by atoms with van der Waals surface area (Å²) in [5, 5.41) is 0. The summed E-state index contributed by atoms with van der Waals surface area (Å²) in [5.41, 5.74) is 0. The summed E-state index contributed by atoms with van der Waals surface area (Å²) < 4.78 is 34.4. The van der Waals surface area contributed by atoms with Crippen molar-refractivity contribution in [3.8, 4) is 0 Å². The Balaban J connectivity index is 4.07. The second kappa shape index (κ2) is 76.0. The Morgan fingerprint density at radius 2 is 0.551 bits per heavy atom. The number of carbonyl (C=O) groups is 2. The van der Waals surface area contributed by atoms with Gasteiger partial charge in [0, 0.05) is 12.8 Å². The maximum atomic E-state index is 12.9. The summed E-state index contributed by atoms with van der Waals surface area (Å²) in [6.07, 6.45) is 118. The van der Waals surface area contributed by atoms with Crippen molar-refractivity contribution in [2.24, 2.45) is 0 Å². The highest BCUT2D eigenvalue weighted by molar-refractivity contribution is 7.45. The molecule has 10 heteroatoms. The Hall–Kier alpha value is -5.15. The van der Waals surface area contributed by atoms with E-state index in [1.54, 1.807) is 0 Å². The number of likely N-dealkylation sites (N-methyl/N-ethyl adjacent to an activating group) is 1. The van der Waals surface area contributed by atoms with Crippen molar-refractivity contribution in [1.82, 2.24) is 0 Å². The van der Waals surface area contributed by atoms with Crippen LogP contribution < -0.4 is 4.89 Å². The number of rotatable bonds is 70. The quantitative estimate of drug-likeness (QED) is 0.0195. The van der Waals surface area contributed by atoms with Crippen LogP contribution in [0.4, 0.5) is 0 Å². The second-order valence-electron chi connectivity index (χ2n) is 26.6. The highest BCUT2D eigenvalue weighted by Gasteiger charge is 2.22. The summed E-state index contributed by atoms with van der Waals surface area (Å²) in [7, 11) is 1.15. The van der Waals surface area contributed by atoms with Crippen LogP contribution in [0.15, 0.2) is 194 Å².